The summed E-state index contributed by atoms with van der Waals surface area (Å²) in [6.07, 6.45) is 2.74. The highest BCUT2D eigenvalue weighted by molar-refractivity contribution is 7.91. The van der Waals surface area contributed by atoms with Crippen molar-refractivity contribution in [2.45, 2.75) is 35.1 Å². The molecule has 1 unspecified atom stereocenters. The van der Waals surface area contributed by atoms with Gasteiger partial charge in [0.05, 0.1) is 15.8 Å². The summed E-state index contributed by atoms with van der Waals surface area (Å²) in [5.41, 5.74) is 1.76. The van der Waals surface area contributed by atoms with E-state index in [0.29, 0.717) is 11.5 Å². The molecule has 29 heavy (non-hydrogen) atoms. The smallest absolute Gasteiger partial charge is 0.206 e. The predicted octanol–water partition coefficient (Wildman–Crippen LogP) is 4.02. The van der Waals surface area contributed by atoms with Crippen molar-refractivity contribution in [3.63, 3.8) is 0 Å². The third-order valence-corrected chi connectivity index (χ3v) is 7.72. The largest absolute Gasteiger partial charge is 0.459 e. The standard InChI is InChI=1S/C22H22FNO4S/c23-15-2-1-3-16(12-15)29(25,26)17-4-5-20-19(13-17)18-6-9-24-21(22(18)28-20)14-7-10-27-11-8-14/h1-5,12-14,21,24H,6-11H2. The fraction of sp³-hybridized carbons (Fsp3) is 0.364. The molecule has 2 aliphatic heterocycles. The molecular weight excluding hydrogens is 393 g/mol. The second kappa shape index (κ2) is 7.23. The molecular formula is C22H22FNO4S. The minimum absolute atomic E-state index is 0.0454. The highest BCUT2D eigenvalue weighted by Crippen LogP contribution is 2.40. The summed E-state index contributed by atoms with van der Waals surface area (Å²) < 4.78 is 51.3. The van der Waals surface area contributed by atoms with Gasteiger partial charge in [-0.3, -0.25) is 0 Å². The Morgan fingerprint density at radius 2 is 1.83 bits per heavy atom. The molecule has 3 heterocycles. The van der Waals surface area contributed by atoms with Gasteiger partial charge < -0.3 is 14.5 Å². The molecule has 7 heteroatoms. The van der Waals surface area contributed by atoms with Crippen LogP contribution in [0.25, 0.3) is 11.0 Å². The van der Waals surface area contributed by atoms with E-state index in [-0.39, 0.29) is 15.8 Å². The molecule has 5 nitrogen and oxygen atoms in total. The molecule has 1 saturated heterocycles. The first kappa shape index (κ1) is 18.8. The number of furan rings is 1. The maximum absolute atomic E-state index is 13.6. The Labute approximate surface area is 168 Å². The lowest BCUT2D eigenvalue weighted by Crippen LogP contribution is -2.36. The topological polar surface area (TPSA) is 68.5 Å². The van der Waals surface area contributed by atoms with E-state index in [4.69, 9.17) is 9.15 Å². The SMILES string of the molecule is O=S(=O)(c1cccc(F)c1)c1ccc2oc3c(c2c1)CCNC3C1CCOCC1. The summed E-state index contributed by atoms with van der Waals surface area (Å²) in [6.45, 7) is 2.34. The number of hydrogen-bond donors (Lipinski definition) is 1. The Kier molecular flexibility index (Phi) is 4.69. The first-order valence-corrected chi connectivity index (χ1v) is 11.4. The van der Waals surface area contributed by atoms with E-state index in [1.54, 1.807) is 12.1 Å². The summed E-state index contributed by atoms with van der Waals surface area (Å²) in [7, 11) is -3.81. The Hall–Kier alpha value is -2.22. The molecule has 0 radical (unpaired) electrons. The fourth-order valence-electron chi connectivity index (χ4n) is 4.47. The number of hydrogen-bond acceptors (Lipinski definition) is 5. The number of ether oxygens (including phenoxy) is 1. The molecule has 152 valence electrons. The molecule has 1 N–H and O–H groups in total. The van der Waals surface area contributed by atoms with Crippen LogP contribution in [0.15, 0.2) is 56.7 Å². The third-order valence-electron chi connectivity index (χ3n) is 5.97. The van der Waals surface area contributed by atoms with Gasteiger partial charge in [0.1, 0.15) is 17.2 Å². The second-order valence-corrected chi connectivity index (χ2v) is 9.64. The Balaban J connectivity index is 1.58. The normalized spacial score (nSPS) is 20.7. The van der Waals surface area contributed by atoms with Crippen molar-refractivity contribution in [3.05, 3.63) is 59.6 Å². The molecule has 0 bridgehead atoms. The lowest BCUT2D eigenvalue weighted by atomic mass is 9.86. The lowest BCUT2D eigenvalue weighted by Gasteiger charge is -2.32. The number of benzene rings is 2. The van der Waals surface area contributed by atoms with Crippen LogP contribution >= 0.6 is 0 Å². The summed E-state index contributed by atoms with van der Waals surface area (Å²) in [5, 5.41) is 4.40. The number of sulfone groups is 1. The minimum atomic E-state index is -3.81. The van der Waals surface area contributed by atoms with Gasteiger partial charge in [0.2, 0.25) is 9.84 Å². The van der Waals surface area contributed by atoms with Gasteiger partial charge in [-0.1, -0.05) is 6.07 Å². The molecule has 0 amide bonds. The van der Waals surface area contributed by atoms with Crippen molar-refractivity contribution >= 4 is 20.8 Å². The average molecular weight is 415 g/mol. The van der Waals surface area contributed by atoms with E-state index in [9.17, 15) is 12.8 Å². The van der Waals surface area contributed by atoms with Crippen LogP contribution in [0.1, 0.15) is 30.2 Å². The monoisotopic (exact) mass is 415 g/mol. The van der Waals surface area contributed by atoms with Crippen LogP contribution in [0, 0.1) is 11.7 Å². The van der Waals surface area contributed by atoms with Crippen LogP contribution in [0.4, 0.5) is 4.39 Å². The van der Waals surface area contributed by atoms with Crippen molar-refractivity contribution in [2.24, 2.45) is 5.92 Å². The highest BCUT2D eigenvalue weighted by atomic mass is 32.2. The molecule has 5 rings (SSSR count). The van der Waals surface area contributed by atoms with Crippen LogP contribution < -0.4 is 5.32 Å². The first-order chi connectivity index (χ1) is 14.0. The first-order valence-electron chi connectivity index (χ1n) is 9.91. The van der Waals surface area contributed by atoms with Crippen LogP contribution in [-0.4, -0.2) is 28.2 Å². The van der Waals surface area contributed by atoms with Crippen molar-refractivity contribution in [3.8, 4) is 0 Å². The number of rotatable bonds is 3. The van der Waals surface area contributed by atoms with Crippen LogP contribution in [0.2, 0.25) is 0 Å². The van der Waals surface area contributed by atoms with Gasteiger partial charge in [-0.05, 0) is 61.6 Å². The van der Waals surface area contributed by atoms with Crippen molar-refractivity contribution in [1.82, 2.24) is 5.32 Å². The molecule has 0 spiro atoms. The van der Waals surface area contributed by atoms with Gasteiger partial charge in [0.15, 0.2) is 0 Å². The van der Waals surface area contributed by atoms with Crippen LogP contribution in [0.5, 0.6) is 0 Å². The minimum Gasteiger partial charge on any atom is -0.459 e. The molecule has 1 atom stereocenters. The average Bonchev–Trinajstić information content (AvgIpc) is 3.12. The summed E-state index contributed by atoms with van der Waals surface area (Å²) in [6, 6.07) is 10.1. The van der Waals surface area contributed by atoms with E-state index >= 15 is 0 Å². The van der Waals surface area contributed by atoms with E-state index in [1.807, 2.05) is 0 Å². The van der Waals surface area contributed by atoms with E-state index in [2.05, 4.69) is 5.32 Å². The Morgan fingerprint density at radius 3 is 2.62 bits per heavy atom. The van der Waals surface area contributed by atoms with E-state index < -0.39 is 15.7 Å². The fourth-order valence-corrected chi connectivity index (χ4v) is 5.79. The van der Waals surface area contributed by atoms with Gasteiger partial charge in [0.25, 0.3) is 0 Å². The Bertz CT molecular complexity index is 1160. The molecule has 0 aliphatic carbocycles. The van der Waals surface area contributed by atoms with Gasteiger partial charge in [-0.2, -0.15) is 0 Å². The predicted molar refractivity (Wildman–Crippen MR) is 106 cm³/mol. The van der Waals surface area contributed by atoms with E-state index in [0.717, 1.165) is 61.8 Å². The number of nitrogens with one attached hydrogen (secondary N) is 1. The van der Waals surface area contributed by atoms with Gasteiger partial charge in [-0.25, -0.2) is 12.8 Å². The number of fused-ring (bicyclic) bond motifs is 3. The molecule has 1 fully saturated rings. The van der Waals surface area contributed by atoms with Crippen molar-refractivity contribution < 1.29 is 22.0 Å². The summed E-state index contributed by atoms with van der Waals surface area (Å²) in [4.78, 5) is 0.108. The number of halogens is 1. The third kappa shape index (κ3) is 3.27. The molecule has 3 aromatic rings. The zero-order valence-electron chi connectivity index (χ0n) is 15.9. The zero-order valence-corrected chi connectivity index (χ0v) is 16.7. The molecule has 2 aromatic carbocycles. The van der Waals surface area contributed by atoms with Crippen molar-refractivity contribution in [2.75, 3.05) is 19.8 Å². The zero-order chi connectivity index (χ0) is 20.0. The van der Waals surface area contributed by atoms with Gasteiger partial charge in [0, 0.05) is 30.7 Å². The second-order valence-electron chi connectivity index (χ2n) is 7.70. The lowest BCUT2D eigenvalue weighted by molar-refractivity contribution is 0.0498. The van der Waals surface area contributed by atoms with Crippen molar-refractivity contribution in [1.29, 1.82) is 0 Å². The summed E-state index contributed by atoms with van der Waals surface area (Å²) >= 11 is 0. The maximum Gasteiger partial charge on any atom is 0.206 e. The molecule has 2 aliphatic rings. The summed E-state index contributed by atoms with van der Waals surface area (Å²) in [5.74, 6) is 0.788. The molecule has 0 saturated carbocycles. The maximum atomic E-state index is 13.6. The van der Waals surface area contributed by atoms with Gasteiger partial charge >= 0.3 is 0 Å². The quantitative estimate of drug-likeness (QED) is 0.700. The van der Waals surface area contributed by atoms with Crippen LogP contribution in [0.3, 0.4) is 0 Å². The highest BCUT2D eigenvalue weighted by Gasteiger charge is 2.33. The molecule has 1 aromatic heterocycles. The van der Waals surface area contributed by atoms with Gasteiger partial charge in [-0.15, -0.1) is 0 Å². The Morgan fingerprint density at radius 1 is 1.03 bits per heavy atom. The van der Waals surface area contributed by atoms with E-state index in [1.165, 1.54) is 24.3 Å². The van der Waals surface area contributed by atoms with Crippen LogP contribution in [-0.2, 0) is 21.0 Å².